The molecule has 7 nitrogen and oxygen atoms in total. The largest absolute Gasteiger partial charge is 0.336 e. The molecule has 0 saturated carbocycles. The Labute approximate surface area is 181 Å². The van der Waals surface area contributed by atoms with Crippen LogP contribution in [0.1, 0.15) is 35.4 Å². The van der Waals surface area contributed by atoms with Crippen molar-refractivity contribution in [3.8, 4) is 11.4 Å². The summed E-state index contributed by atoms with van der Waals surface area (Å²) in [4.78, 5) is 31.5. The Hall–Kier alpha value is -3.61. The average Bonchev–Trinajstić information content (AvgIpc) is 3.30. The first-order chi connectivity index (χ1) is 15.2. The molecule has 1 fully saturated rings. The van der Waals surface area contributed by atoms with Crippen molar-refractivity contribution < 1.29 is 9.59 Å². The second kappa shape index (κ2) is 8.26. The number of imidazole rings is 1. The van der Waals surface area contributed by atoms with E-state index >= 15 is 0 Å². The summed E-state index contributed by atoms with van der Waals surface area (Å²) >= 11 is 0. The van der Waals surface area contributed by atoms with E-state index in [0.717, 1.165) is 55.0 Å². The molecule has 0 spiro atoms. The number of nitrogens with one attached hydrogen (secondary N) is 2. The number of hydrogen-bond acceptors (Lipinski definition) is 3. The predicted octanol–water partition coefficient (Wildman–Crippen LogP) is 4.06. The zero-order valence-electron chi connectivity index (χ0n) is 17.3. The van der Waals surface area contributed by atoms with Gasteiger partial charge in [-0.15, -0.1) is 0 Å². The topological polar surface area (TPSA) is 79.3 Å². The van der Waals surface area contributed by atoms with Gasteiger partial charge >= 0.3 is 6.03 Å². The highest BCUT2D eigenvalue weighted by molar-refractivity contribution is 6.04. The quantitative estimate of drug-likeness (QED) is 0.674. The summed E-state index contributed by atoms with van der Waals surface area (Å²) < 4.78 is 2.21. The smallest absolute Gasteiger partial charge is 0.321 e. The molecule has 3 amide bonds. The van der Waals surface area contributed by atoms with Gasteiger partial charge in [0.05, 0.1) is 5.69 Å². The van der Waals surface area contributed by atoms with E-state index < -0.39 is 0 Å². The Bertz CT molecular complexity index is 1110. The highest BCUT2D eigenvalue weighted by Crippen LogP contribution is 2.28. The molecule has 0 aliphatic carbocycles. The Balaban J connectivity index is 1.41. The average molecular weight is 415 g/mol. The number of hydrogen-bond donors (Lipinski definition) is 2. The Kier molecular flexibility index (Phi) is 5.16. The van der Waals surface area contributed by atoms with E-state index in [0.29, 0.717) is 24.5 Å². The van der Waals surface area contributed by atoms with E-state index in [2.05, 4.69) is 15.2 Å². The van der Waals surface area contributed by atoms with Gasteiger partial charge in [-0.2, -0.15) is 0 Å². The first kappa shape index (κ1) is 19.4. The number of anilines is 2. The molecule has 1 saturated heterocycles. The molecule has 3 heterocycles. The van der Waals surface area contributed by atoms with Crippen LogP contribution in [-0.4, -0.2) is 34.6 Å². The van der Waals surface area contributed by atoms with E-state index in [1.54, 1.807) is 4.90 Å². The van der Waals surface area contributed by atoms with Crippen molar-refractivity contribution in [2.24, 2.45) is 0 Å². The summed E-state index contributed by atoms with van der Waals surface area (Å²) in [6, 6.07) is 17.3. The third-order valence-electron chi connectivity index (χ3n) is 5.91. The molecule has 31 heavy (non-hydrogen) atoms. The van der Waals surface area contributed by atoms with Crippen LogP contribution in [0.5, 0.6) is 0 Å². The number of benzene rings is 2. The Morgan fingerprint density at radius 3 is 2.52 bits per heavy atom. The Morgan fingerprint density at radius 1 is 0.968 bits per heavy atom. The highest BCUT2D eigenvalue weighted by atomic mass is 16.2. The number of carbonyl (C=O) groups excluding carboxylic acids is 2. The van der Waals surface area contributed by atoms with Crippen molar-refractivity contribution in [2.45, 2.75) is 32.2 Å². The standard InChI is InChI=1S/C24H25N5O2/c30-23(26-18-10-12-19(13-11-18)28-16-14-25-24(28)31)21-20-9-5-2-6-15-29(20)22(27-21)17-7-3-1-4-8-17/h1,3-4,7-8,10-13H,2,5-6,9,14-16H2,(H,25,31)(H,26,30). The van der Waals surface area contributed by atoms with E-state index in [1.165, 1.54) is 0 Å². The van der Waals surface area contributed by atoms with Crippen molar-refractivity contribution in [3.05, 3.63) is 66.0 Å². The second-order valence-electron chi connectivity index (χ2n) is 7.94. The fourth-order valence-corrected chi connectivity index (χ4v) is 4.34. The number of carbonyl (C=O) groups is 2. The number of amides is 3. The predicted molar refractivity (Wildman–Crippen MR) is 120 cm³/mol. The van der Waals surface area contributed by atoms with Crippen molar-refractivity contribution in [3.63, 3.8) is 0 Å². The first-order valence-electron chi connectivity index (χ1n) is 10.8. The van der Waals surface area contributed by atoms with Gasteiger partial charge in [0.15, 0.2) is 0 Å². The number of rotatable bonds is 4. The van der Waals surface area contributed by atoms with Gasteiger partial charge in [-0.25, -0.2) is 9.78 Å². The van der Waals surface area contributed by atoms with Crippen LogP contribution in [0.3, 0.4) is 0 Å². The van der Waals surface area contributed by atoms with Crippen LogP contribution < -0.4 is 15.5 Å². The highest BCUT2D eigenvalue weighted by Gasteiger charge is 2.25. The molecule has 5 rings (SSSR count). The summed E-state index contributed by atoms with van der Waals surface area (Å²) in [5, 5.41) is 5.78. The minimum atomic E-state index is -0.195. The van der Waals surface area contributed by atoms with E-state index in [1.807, 2.05) is 54.6 Å². The summed E-state index contributed by atoms with van der Waals surface area (Å²) in [5.74, 6) is 0.664. The monoisotopic (exact) mass is 415 g/mol. The minimum Gasteiger partial charge on any atom is -0.336 e. The van der Waals surface area contributed by atoms with Crippen molar-refractivity contribution in [2.75, 3.05) is 23.3 Å². The normalized spacial score (nSPS) is 15.9. The van der Waals surface area contributed by atoms with Gasteiger partial charge in [0.25, 0.3) is 5.91 Å². The number of fused-ring (bicyclic) bond motifs is 1. The Morgan fingerprint density at radius 2 is 1.77 bits per heavy atom. The second-order valence-corrected chi connectivity index (χ2v) is 7.94. The molecule has 1 aromatic heterocycles. The first-order valence-corrected chi connectivity index (χ1v) is 10.8. The van der Waals surface area contributed by atoms with Gasteiger partial charge in [-0.05, 0) is 43.5 Å². The zero-order chi connectivity index (χ0) is 21.2. The van der Waals surface area contributed by atoms with Gasteiger partial charge in [0.2, 0.25) is 0 Å². The number of nitrogens with zero attached hydrogens (tertiary/aromatic N) is 3. The van der Waals surface area contributed by atoms with Gasteiger partial charge < -0.3 is 15.2 Å². The zero-order valence-corrected chi connectivity index (χ0v) is 17.3. The molecule has 2 aromatic carbocycles. The fourth-order valence-electron chi connectivity index (χ4n) is 4.34. The van der Waals surface area contributed by atoms with Crippen molar-refractivity contribution in [1.82, 2.24) is 14.9 Å². The van der Waals surface area contributed by atoms with Crippen molar-refractivity contribution in [1.29, 1.82) is 0 Å². The molecule has 0 radical (unpaired) electrons. The molecule has 7 heteroatoms. The summed E-state index contributed by atoms with van der Waals surface area (Å²) in [7, 11) is 0. The molecule has 2 N–H and O–H groups in total. The molecule has 3 aromatic rings. The van der Waals surface area contributed by atoms with E-state index in [-0.39, 0.29) is 11.9 Å². The maximum absolute atomic E-state index is 13.2. The van der Waals surface area contributed by atoms with Crippen LogP contribution in [-0.2, 0) is 13.0 Å². The number of urea groups is 1. The van der Waals surface area contributed by atoms with Crippen LogP contribution in [0.25, 0.3) is 11.4 Å². The molecule has 0 bridgehead atoms. The lowest BCUT2D eigenvalue weighted by Crippen LogP contribution is -2.27. The van der Waals surface area contributed by atoms with Gasteiger partial charge in [-0.3, -0.25) is 9.69 Å². The molecule has 158 valence electrons. The molecule has 0 atom stereocenters. The molecular weight excluding hydrogens is 390 g/mol. The maximum atomic E-state index is 13.2. The lowest BCUT2D eigenvalue weighted by Gasteiger charge is -2.14. The van der Waals surface area contributed by atoms with Crippen LogP contribution in [0.2, 0.25) is 0 Å². The van der Waals surface area contributed by atoms with Crippen LogP contribution >= 0.6 is 0 Å². The van der Waals surface area contributed by atoms with E-state index in [9.17, 15) is 9.59 Å². The maximum Gasteiger partial charge on any atom is 0.321 e. The van der Waals surface area contributed by atoms with Crippen molar-refractivity contribution >= 4 is 23.3 Å². The molecule has 0 unspecified atom stereocenters. The lowest BCUT2D eigenvalue weighted by atomic mass is 10.1. The molecule has 2 aliphatic heterocycles. The lowest BCUT2D eigenvalue weighted by molar-refractivity contribution is 0.102. The van der Waals surface area contributed by atoms with Crippen LogP contribution in [0, 0.1) is 0 Å². The van der Waals surface area contributed by atoms with E-state index in [4.69, 9.17) is 4.98 Å². The summed E-state index contributed by atoms with van der Waals surface area (Å²) in [6.45, 7) is 2.17. The van der Waals surface area contributed by atoms with Gasteiger partial charge in [0.1, 0.15) is 11.5 Å². The fraction of sp³-hybridized carbons (Fsp3) is 0.292. The number of aromatic nitrogens is 2. The summed E-state index contributed by atoms with van der Waals surface area (Å²) in [6.07, 6.45) is 4.16. The third-order valence-corrected chi connectivity index (χ3v) is 5.91. The molecule has 2 aliphatic rings. The minimum absolute atomic E-state index is 0.0917. The van der Waals surface area contributed by atoms with Gasteiger partial charge in [0, 0.05) is 36.6 Å². The third kappa shape index (κ3) is 3.79. The van der Waals surface area contributed by atoms with Crippen LogP contribution in [0.4, 0.5) is 16.2 Å². The van der Waals surface area contributed by atoms with Crippen LogP contribution in [0.15, 0.2) is 54.6 Å². The SMILES string of the molecule is O=C(Nc1ccc(N2CCNC2=O)cc1)c1nc(-c2ccccc2)n2c1CCCCC2. The molecular formula is C24H25N5O2. The summed E-state index contributed by atoms with van der Waals surface area (Å²) in [5.41, 5.74) is 4.04. The van der Waals surface area contributed by atoms with Gasteiger partial charge in [-0.1, -0.05) is 36.8 Å².